The average Bonchev–Trinajstić information content (AvgIpc) is 3.47. The van der Waals surface area contributed by atoms with Crippen molar-refractivity contribution in [3.63, 3.8) is 0 Å². The Hall–Kier alpha value is -2.83. The highest BCUT2D eigenvalue weighted by atomic mass is 16.6. The summed E-state index contributed by atoms with van der Waals surface area (Å²) >= 11 is 0. The van der Waals surface area contributed by atoms with Gasteiger partial charge in [-0.25, -0.2) is 9.97 Å². The van der Waals surface area contributed by atoms with Gasteiger partial charge in [0.1, 0.15) is 13.2 Å². The van der Waals surface area contributed by atoms with Gasteiger partial charge in [-0.05, 0) is 43.5 Å². The fraction of sp³-hybridized carbons (Fsp3) is 0.450. The Morgan fingerprint density at radius 2 is 1.96 bits per heavy atom. The molecule has 0 spiro atoms. The van der Waals surface area contributed by atoms with Crippen molar-refractivity contribution in [1.29, 1.82) is 0 Å². The van der Waals surface area contributed by atoms with Crippen LogP contribution in [-0.2, 0) is 0 Å². The van der Waals surface area contributed by atoms with Crippen molar-refractivity contribution < 1.29 is 14.3 Å². The molecule has 2 aromatic rings. The van der Waals surface area contributed by atoms with E-state index >= 15 is 0 Å². The third-order valence-electron chi connectivity index (χ3n) is 5.27. The van der Waals surface area contributed by atoms with E-state index in [0.29, 0.717) is 36.2 Å². The van der Waals surface area contributed by atoms with E-state index in [1.54, 1.807) is 18.2 Å². The number of nitrogens with one attached hydrogen (secondary N) is 1. The van der Waals surface area contributed by atoms with Crippen molar-refractivity contribution in [3.8, 4) is 11.5 Å². The number of amides is 1. The van der Waals surface area contributed by atoms with Crippen LogP contribution in [0.2, 0.25) is 0 Å². The van der Waals surface area contributed by atoms with Crippen LogP contribution in [0.1, 0.15) is 41.2 Å². The minimum Gasteiger partial charge on any atom is -0.486 e. The van der Waals surface area contributed by atoms with Gasteiger partial charge in [0.05, 0.1) is 0 Å². The Bertz CT molecular complexity index is 868. The predicted octanol–water partition coefficient (Wildman–Crippen LogP) is 2.13. The molecule has 1 saturated heterocycles. The van der Waals surface area contributed by atoms with Gasteiger partial charge in [0.15, 0.2) is 11.5 Å². The number of carbonyl (C=O) groups excluding carboxylic acids is 1. The van der Waals surface area contributed by atoms with Crippen molar-refractivity contribution >= 4 is 11.9 Å². The molecule has 1 atom stereocenters. The summed E-state index contributed by atoms with van der Waals surface area (Å²) in [6.45, 7) is 2.63. The monoisotopic (exact) mass is 366 g/mol. The van der Waals surface area contributed by atoms with E-state index in [0.717, 1.165) is 31.2 Å². The van der Waals surface area contributed by atoms with E-state index in [4.69, 9.17) is 14.5 Å². The number of carbonyl (C=O) groups is 1. The minimum absolute atomic E-state index is 0.0823. The molecular weight excluding hydrogens is 344 g/mol. The minimum atomic E-state index is -0.0912. The Morgan fingerprint density at radius 3 is 2.81 bits per heavy atom. The molecule has 0 bridgehead atoms. The van der Waals surface area contributed by atoms with Gasteiger partial charge in [0, 0.05) is 42.5 Å². The number of fused-ring (bicyclic) bond motifs is 1. The molecular formula is C20H22N4O3. The number of aromatic nitrogens is 2. The van der Waals surface area contributed by atoms with E-state index in [-0.39, 0.29) is 11.9 Å². The number of nitrogens with zero attached hydrogens (tertiary/aromatic N) is 3. The first-order chi connectivity index (χ1) is 13.3. The molecule has 27 heavy (non-hydrogen) atoms. The summed E-state index contributed by atoms with van der Waals surface area (Å²) in [6.07, 6.45) is 5.18. The SMILES string of the molecule is O=C(NC1CCN(c2nccc(C3CC3)n2)C1)c1ccc2c(c1)OCCO2. The maximum atomic E-state index is 12.6. The normalized spacial score (nSPS) is 21.2. The Labute approximate surface area is 157 Å². The highest BCUT2D eigenvalue weighted by Crippen LogP contribution is 2.39. The molecule has 1 saturated carbocycles. The summed E-state index contributed by atoms with van der Waals surface area (Å²) in [5, 5.41) is 3.12. The predicted molar refractivity (Wildman–Crippen MR) is 99.5 cm³/mol. The Kier molecular flexibility index (Phi) is 4.07. The van der Waals surface area contributed by atoms with Crippen LogP contribution in [0.5, 0.6) is 11.5 Å². The second kappa shape index (κ2) is 6.72. The lowest BCUT2D eigenvalue weighted by molar-refractivity contribution is 0.0939. The highest BCUT2D eigenvalue weighted by Gasteiger charge is 2.29. The lowest BCUT2D eigenvalue weighted by Crippen LogP contribution is -2.37. The van der Waals surface area contributed by atoms with Gasteiger partial charge in [-0.1, -0.05) is 0 Å². The summed E-state index contributed by atoms with van der Waals surface area (Å²) in [7, 11) is 0. The second-order valence-corrected chi connectivity index (χ2v) is 7.32. The molecule has 3 heterocycles. The van der Waals surface area contributed by atoms with Crippen molar-refractivity contribution in [2.24, 2.45) is 0 Å². The van der Waals surface area contributed by atoms with Gasteiger partial charge in [0.25, 0.3) is 5.91 Å². The van der Waals surface area contributed by atoms with E-state index in [2.05, 4.69) is 15.2 Å². The van der Waals surface area contributed by atoms with Crippen molar-refractivity contribution in [2.75, 3.05) is 31.2 Å². The van der Waals surface area contributed by atoms with Crippen LogP contribution in [0.4, 0.5) is 5.95 Å². The first-order valence-corrected chi connectivity index (χ1v) is 9.55. The van der Waals surface area contributed by atoms with E-state index in [1.807, 2.05) is 12.3 Å². The van der Waals surface area contributed by atoms with Crippen molar-refractivity contribution in [1.82, 2.24) is 15.3 Å². The Balaban J connectivity index is 1.23. The smallest absolute Gasteiger partial charge is 0.251 e. The fourth-order valence-electron chi connectivity index (χ4n) is 3.63. The van der Waals surface area contributed by atoms with E-state index in [1.165, 1.54) is 12.8 Å². The molecule has 2 aliphatic heterocycles. The van der Waals surface area contributed by atoms with Gasteiger partial charge in [-0.3, -0.25) is 4.79 Å². The zero-order valence-corrected chi connectivity index (χ0v) is 15.1. The zero-order chi connectivity index (χ0) is 18.2. The van der Waals surface area contributed by atoms with Gasteiger partial charge >= 0.3 is 0 Å². The average molecular weight is 366 g/mol. The zero-order valence-electron chi connectivity index (χ0n) is 15.1. The summed E-state index contributed by atoms with van der Waals surface area (Å²) in [6, 6.07) is 7.41. The molecule has 1 aromatic heterocycles. The van der Waals surface area contributed by atoms with Crippen LogP contribution in [-0.4, -0.2) is 48.2 Å². The van der Waals surface area contributed by atoms with Crippen LogP contribution in [0, 0.1) is 0 Å². The number of rotatable bonds is 4. The van der Waals surface area contributed by atoms with Crippen LogP contribution in [0.3, 0.4) is 0 Å². The number of anilines is 1. The standard InChI is InChI=1S/C20H22N4O3/c25-19(14-3-4-17-18(11-14)27-10-9-26-17)22-15-6-8-24(12-15)20-21-7-5-16(23-20)13-1-2-13/h3-5,7,11,13,15H,1-2,6,8-10,12H2,(H,22,25). The quantitative estimate of drug-likeness (QED) is 0.893. The van der Waals surface area contributed by atoms with Crippen LogP contribution in [0.25, 0.3) is 0 Å². The van der Waals surface area contributed by atoms with Crippen molar-refractivity contribution in [3.05, 3.63) is 41.7 Å². The highest BCUT2D eigenvalue weighted by molar-refractivity contribution is 5.95. The van der Waals surface area contributed by atoms with Gasteiger partial charge in [-0.15, -0.1) is 0 Å². The lowest BCUT2D eigenvalue weighted by atomic mass is 10.1. The number of hydrogen-bond acceptors (Lipinski definition) is 6. The van der Waals surface area contributed by atoms with Gasteiger partial charge in [0.2, 0.25) is 5.95 Å². The molecule has 7 heteroatoms. The summed E-state index contributed by atoms with van der Waals surface area (Å²) in [5.41, 5.74) is 1.73. The van der Waals surface area contributed by atoms with Crippen LogP contribution < -0.4 is 19.7 Å². The topological polar surface area (TPSA) is 76.6 Å². The summed E-state index contributed by atoms with van der Waals surface area (Å²) < 4.78 is 11.1. The van der Waals surface area contributed by atoms with Crippen LogP contribution >= 0.6 is 0 Å². The molecule has 7 nitrogen and oxygen atoms in total. The molecule has 1 aromatic carbocycles. The summed E-state index contributed by atoms with van der Waals surface area (Å²) in [5.74, 6) is 2.62. The van der Waals surface area contributed by atoms with Crippen LogP contribution in [0.15, 0.2) is 30.5 Å². The maximum Gasteiger partial charge on any atom is 0.251 e. The number of ether oxygens (including phenoxy) is 2. The lowest BCUT2D eigenvalue weighted by Gasteiger charge is -2.19. The molecule has 140 valence electrons. The molecule has 2 fully saturated rings. The number of hydrogen-bond donors (Lipinski definition) is 1. The molecule has 0 radical (unpaired) electrons. The summed E-state index contributed by atoms with van der Waals surface area (Å²) in [4.78, 5) is 23.9. The van der Waals surface area contributed by atoms with Crippen molar-refractivity contribution in [2.45, 2.75) is 31.2 Å². The maximum absolute atomic E-state index is 12.6. The molecule has 1 amide bonds. The molecule has 3 aliphatic rings. The van der Waals surface area contributed by atoms with Gasteiger partial charge in [-0.2, -0.15) is 0 Å². The largest absolute Gasteiger partial charge is 0.486 e. The van der Waals surface area contributed by atoms with E-state index < -0.39 is 0 Å². The first-order valence-electron chi connectivity index (χ1n) is 9.55. The molecule has 1 aliphatic carbocycles. The first kappa shape index (κ1) is 16.4. The Morgan fingerprint density at radius 1 is 1.11 bits per heavy atom. The second-order valence-electron chi connectivity index (χ2n) is 7.32. The third kappa shape index (κ3) is 3.41. The fourth-order valence-corrected chi connectivity index (χ4v) is 3.63. The molecule has 5 rings (SSSR count). The van der Waals surface area contributed by atoms with Gasteiger partial charge < -0.3 is 19.7 Å². The van der Waals surface area contributed by atoms with E-state index in [9.17, 15) is 4.79 Å². The molecule has 1 N–H and O–H groups in total. The molecule has 1 unspecified atom stereocenters. The number of benzene rings is 1. The third-order valence-corrected chi connectivity index (χ3v) is 5.27.